The van der Waals surface area contributed by atoms with Crippen LogP contribution in [0.5, 0.6) is 11.5 Å². The minimum Gasteiger partial charge on any atom is -0.496 e. The fourth-order valence-corrected chi connectivity index (χ4v) is 2.10. The van der Waals surface area contributed by atoms with E-state index in [0.717, 1.165) is 23.6 Å². The summed E-state index contributed by atoms with van der Waals surface area (Å²) in [5.41, 5.74) is 1.16. The summed E-state index contributed by atoms with van der Waals surface area (Å²) in [7, 11) is 1.70. The van der Waals surface area contributed by atoms with Crippen LogP contribution < -0.4 is 14.8 Å². The van der Waals surface area contributed by atoms with Crippen molar-refractivity contribution in [1.82, 2.24) is 5.32 Å². The molecule has 0 aromatic heterocycles. The Morgan fingerprint density at radius 2 is 1.70 bits per heavy atom. The van der Waals surface area contributed by atoms with Crippen molar-refractivity contribution in [2.75, 3.05) is 20.3 Å². The molecular weight excluding hydrogens is 250 g/mol. The van der Waals surface area contributed by atoms with E-state index >= 15 is 0 Å². The molecule has 1 N–H and O–H groups in total. The van der Waals surface area contributed by atoms with E-state index in [1.165, 1.54) is 0 Å². The lowest BCUT2D eigenvalue weighted by Crippen LogP contribution is -2.24. The van der Waals surface area contributed by atoms with E-state index in [-0.39, 0.29) is 6.04 Å². The molecule has 3 heteroatoms. The first kappa shape index (κ1) is 14.4. The maximum Gasteiger partial charge on any atom is 0.123 e. The summed E-state index contributed by atoms with van der Waals surface area (Å²) in [5.74, 6) is 1.82. The smallest absolute Gasteiger partial charge is 0.123 e. The highest BCUT2D eigenvalue weighted by Gasteiger charge is 2.09. The van der Waals surface area contributed by atoms with E-state index in [0.29, 0.717) is 6.61 Å². The highest BCUT2D eigenvalue weighted by Crippen LogP contribution is 2.23. The van der Waals surface area contributed by atoms with Crippen LogP contribution in [0.2, 0.25) is 0 Å². The molecule has 106 valence electrons. The normalized spacial score (nSPS) is 11.9. The van der Waals surface area contributed by atoms with Crippen molar-refractivity contribution in [3.8, 4) is 11.5 Å². The monoisotopic (exact) mass is 271 g/mol. The van der Waals surface area contributed by atoms with Crippen molar-refractivity contribution in [3.63, 3.8) is 0 Å². The zero-order valence-corrected chi connectivity index (χ0v) is 12.0. The van der Waals surface area contributed by atoms with E-state index in [9.17, 15) is 0 Å². The quantitative estimate of drug-likeness (QED) is 0.783. The van der Waals surface area contributed by atoms with Gasteiger partial charge >= 0.3 is 0 Å². The molecule has 0 unspecified atom stereocenters. The summed E-state index contributed by atoms with van der Waals surface area (Å²) in [6.45, 7) is 3.55. The van der Waals surface area contributed by atoms with Crippen molar-refractivity contribution in [1.29, 1.82) is 0 Å². The first-order valence-corrected chi connectivity index (χ1v) is 6.85. The van der Waals surface area contributed by atoms with Gasteiger partial charge in [-0.15, -0.1) is 0 Å². The van der Waals surface area contributed by atoms with E-state index in [1.54, 1.807) is 7.11 Å². The molecule has 2 rings (SSSR count). The number of methoxy groups -OCH3 is 1. The lowest BCUT2D eigenvalue weighted by molar-refractivity contribution is 0.306. The Morgan fingerprint density at radius 1 is 1.00 bits per heavy atom. The van der Waals surface area contributed by atoms with Crippen molar-refractivity contribution >= 4 is 0 Å². The molecule has 3 nitrogen and oxygen atoms in total. The first-order valence-electron chi connectivity index (χ1n) is 6.85. The third-order valence-electron chi connectivity index (χ3n) is 3.17. The van der Waals surface area contributed by atoms with Gasteiger partial charge in [0.05, 0.1) is 7.11 Å². The molecule has 0 aliphatic heterocycles. The van der Waals surface area contributed by atoms with Gasteiger partial charge in [-0.25, -0.2) is 0 Å². The van der Waals surface area contributed by atoms with Crippen LogP contribution in [0.25, 0.3) is 0 Å². The number of hydrogen-bond donors (Lipinski definition) is 1. The molecule has 0 saturated heterocycles. The lowest BCUT2D eigenvalue weighted by atomic mass is 10.1. The fourth-order valence-electron chi connectivity index (χ4n) is 2.10. The van der Waals surface area contributed by atoms with Gasteiger partial charge in [-0.2, -0.15) is 0 Å². The van der Waals surface area contributed by atoms with Crippen LogP contribution in [0, 0.1) is 0 Å². The second kappa shape index (κ2) is 7.56. The number of rotatable bonds is 7. The molecule has 0 fully saturated rings. The van der Waals surface area contributed by atoms with Crippen LogP contribution in [0.4, 0.5) is 0 Å². The summed E-state index contributed by atoms with van der Waals surface area (Å²) in [6.07, 6.45) is 0. The molecule has 0 saturated carbocycles. The summed E-state index contributed by atoms with van der Waals surface area (Å²) >= 11 is 0. The van der Waals surface area contributed by atoms with E-state index in [4.69, 9.17) is 9.47 Å². The Morgan fingerprint density at radius 3 is 2.45 bits per heavy atom. The highest BCUT2D eigenvalue weighted by molar-refractivity contribution is 5.35. The Kier molecular flexibility index (Phi) is 5.44. The molecule has 0 aliphatic rings. The van der Waals surface area contributed by atoms with Crippen LogP contribution in [-0.4, -0.2) is 20.3 Å². The minimum absolute atomic E-state index is 0.227. The molecule has 0 aliphatic carbocycles. The van der Waals surface area contributed by atoms with E-state index in [1.807, 2.05) is 48.5 Å². The predicted molar refractivity (Wildman–Crippen MR) is 81.3 cm³/mol. The summed E-state index contributed by atoms with van der Waals surface area (Å²) in [5, 5.41) is 3.44. The zero-order valence-electron chi connectivity index (χ0n) is 12.0. The standard InChI is InChI=1S/C17H21NO2/c1-14(16-10-6-7-11-17(16)19-2)18-12-13-20-15-8-4-3-5-9-15/h3-11,14,18H,12-13H2,1-2H3/t14-/m0/s1. The van der Waals surface area contributed by atoms with Crippen molar-refractivity contribution in [2.24, 2.45) is 0 Å². The minimum atomic E-state index is 0.227. The Hall–Kier alpha value is -2.00. The Bertz CT molecular complexity index is 513. The van der Waals surface area contributed by atoms with Gasteiger partial charge in [0.15, 0.2) is 0 Å². The van der Waals surface area contributed by atoms with Crippen molar-refractivity contribution in [3.05, 3.63) is 60.2 Å². The second-order valence-electron chi connectivity index (χ2n) is 4.58. The number of hydrogen-bond acceptors (Lipinski definition) is 3. The predicted octanol–water partition coefficient (Wildman–Crippen LogP) is 3.42. The van der Waals surface area contributed by atoms with Crippen molar-refractivity contribution < 1.29 is 9.47 Å². The molecule has 0 spiro atoms. The average molecular weight is 271 g/mol. The van der Waals surface area contributed by atoms with Crippen LogP contribution in [0.3, 0.4) is 0 Å². The molecule has 0 amide bonds. The van der Waals surface area contributed by atoms with Crippen LogP contribution in [0.1, 0.15) is 18.5 Å². The molecular formula is C17H21NO2. The molecule has 2 aromatic carbocycles. The largest absolute Gasteiger partial charge is 0.496 e. The van der Waals surface area contributed by atoms with Gasteiger partial charge in [-0.1, -0.05) is 36.4 Å². The molecule has 1 atom stereocenters. The molecule has 2 aromatic rings. The molecule has 0 radical (unpaired) electrons. The molecule has 0 heterocycles. The number of para-hydroxylation sites is 2. The van der Waals surface area contributed by atoms with Crippen LogP contribution in [0.15, 0.2) is 54.6 Å². The van der Waals surface area contributed by atoms with E-state index < -0.39 is 0 Å². The number of benzene rings is 2. The first-order chi connectivity index (χ1) is 9.81. The van der Waals surface area contributed by atoms with Gasteiger partial charge in [0, 0.05) is 18.2 Å². The van der Waals surface area contributed by atoms with Gasteiger partial charge in [0.25, 0.3) is 0 Å². The summed E-state index contributed by atoms with van der Waals surface area (Å²) in [6, 6.07) is 18.1. The maximum atomic E-state index is 5.66. The maximum absolute atomic E-state index is 5.66. The number of ether oxygens (including phenoxy) is 2. The highest BCUT2D eigenvalue weighted by atomic mass is 16.5. The fraction of sp³-hybridized carbons (Fsp3) is 0.294. The van der Waals surface area contributed by atoms with Crippen LogP contribution in [-0.2, 0) is 0 Å². The topological polar surface area (TPSA) is 30.5 Å². The Labute approximate surface area is 120 Å². The van der Waals surface area contributed by atoms with Gasteiger partial charge in [0.2, 0.25) is 0 Å². The Balaban J connectivity index is 1.79. The van der Waals surface area contributed by atoms with Gasteiger partial charge in [-0.3, -0.25) is 0 Å². The van der Waals surface area contributed by atoms with Gasteiger partial charge in [0.1, 0.15) is 18.1 Å². The lowest BCUT2D eigenvalue weighted by Gasteiger charge is -2.17. The third-order valence-corrected chi connectivity index (χ3v) is 3.17. The van der Waals surface area contributed by atoms with Gasteiger partial charge in [-0.05, 0) is 25.1 Å². The summed E-state index contributed by atoms with van der Waals surface area (Å²) in [4.78, 5) is 0. The molecule has 0 bridgehead atoms. The average Bonchev–Trinajstić information content (AvgIpc) is 2.52. The van der Waals surface area contributed by atoms with E-state index in [2.05, 4.69) is 18.3 Å². The zero-order chi connectivity index (χ0) is 14.2. The van der Waals surface area contributed by atoms with Gasteiger partial charge < -0.3 is 14.8 Å². The van der Waals surface area contributed by atoms with Crippen LogP contribution >= 0.6 is 0 Å². The second-order valence-corrected chi connectivity index (χ2v) is 4.58. The van der Waals surface area contributed by atoms with Crippen molar-refractivity contribution in [2.45, 2.75) is 13.0 Å². The summed E-state index contributed by atoms with van der Waals surface area (Å²) < 4.78 is 11.0. The molecule has 20 heavy (non-hydrogen) atoms. The number of nitrogens with one attached hydrogen (secondary N) is 1. The third kappa shape index (κ3) is 4.00. The SMILES string of the molecule is COc1ccccc1[C@H](C)NCCOc1ccccc1.